The smallest absolute Gasteiger partial charge is 0.271 e. The van der Waals surface area contributed by atoms with Crippen LogP contribution in [0.25, 0.3) is 0 Å². The number of nitrogens with two attached hydrogens (primary N) is 1. The molecule has 1 heterocycles. The average Bonchev–Trinajstić information content (AvgIpc) is 2.36. The zero-order chi connectivity index (χ0) is 12.4. The van der Waals surface area contributed by atoms with Crippen molar-refractivity contribution in [1.29, 1.82) is 0 Å². The molecule has 3 heteroatoms. The highest BCUT2D eigenvalue weighted by atomic mass is 16.1. The van der Waals surface area contributed by atoms with E-state index in [1.54, 1.807) is 6.20 Å². The van der Waals surface area contributed by atoms with Crippen molar-refractivity contribution >= 4 is 5.69 Å². The first-order valence-corrected chi connectivity index (χ1v) is 5.64. The number of hydrogen-bond donors (Lipinski definition) is 2. The molecule has 0 amide bonds. The molecule has 0 aliphatic rings. The maximum Gasteiger partial charge on any atom is 0.271 e. The molecule has 0 radical (unpaired) electrons. The van der Waals surface area contributed by atoms with E-state index in [1.807, 2.05) is 25.1 Å². The Bertz CT molecular complexity index is 573. The van der Waals surface area contributed by atoms with Crippen molar-refractivity contribution in [3.8, 4) is 0 Å². The van der Waals surface area contributed by atoms with Crippen LogP contribution in [0, 0.1) is 6.92 Å². The lowest BCUT2D eigenvalue weighted by atomic mass is 9.91. The van der Waals surface area contributed by atoms with E-state index in [4.69, 9.17) is 5.73 Å². The van der Waals surface area contributed by atoms with Gasteiger partial charge in [-0.3, -0.25) is 4.79 Å². The lowest BCUT2D eigenvalue weighted by Crippen LogP contribution is -2.15. The molecule has 3 nitrogen and oxygen atoms in total. The molecular weight excluding hydrogens is 212 g/mol. The molecule has 1 aromatic heterocycles. The molecule has 1 unspecified atom stereocenters. The molecule has 1 aromatic carbocycles. The fraction of sp³-hybridized carbons (Fsp3) is 0.214. The summed E-state index contributed by atoms with van der Waals surface area (Å²) in [6.07, 6.45) is 1.76. The molecule has 0 aliphatic carbocycles. The minimum absolute atomic E-state index is 0.216. The Labute approximate surface area is 100 Å². The van der Waals surface area contributed by atoms with Crippen LogP contribution in [-0.2, 0) is 0 Å². The SMILES string of the molecule is Cc1c(C(C)c2ccccc2)c[nH]c(=O)c1N. The van der Waals surface area contributed by atoms with Gasteiger partial charge in [0.25, 0.3) is 5.56 Å². The third-order valence-corrected chi connectivity index (χ3v) is 3.21. The standard InChI is InChI=1S/C14H16N2O/c1-9(11-6-4-3-5-7-11)12-8-16-14(17)13(15)10(12)2/h3-9H,15H2,1-2H3,(H,16,17). The zero-order valence-electron chi connectivity index (χ0n) is 10.0. The van der Waals surface area contributed by atoms with E-state index >= 15 is 0 Å². The first-order chi connectivity index (χ1) is 8.11. The van der Waals surface area contributed by atoms with Crippen molar-refractivity contribution in [3.63, 3.8) is 0 Å². The van der Waals surface area contributed by atoms with Crippen LogP contribution in [0.4, 0.5) is 5.69 Å². The number of nitrogens with one attached hydrogen (secondary N) is 1. The Hall–Kier alpha value is -2.03. The number of aromatic nitrogens is 1. The molecule has 88 valence electrons. The van der Waals surface area contributed by atoms with Crippen LogP contribution in [-0.4, -0.2) is 4.98 Å². The fourth-order valence-electron chi connectivity index (χ4n) is 2.03. The number of rotatable bonds is 2. The third kappa shape index (κ3) is 2.09. The molecule has 0 saturated heterocycles. The number of aromatic amines is 1. The van der Waals surface area contributed by atoms with Crippen molar-refractivity contribution in [2.24, 2.45) is 0 Å². The van der Waals surface area contributed by atoms with Crippen LogP contribution in [0.1, 0.15) is 29.5 Å². The summed E-state index contributed by atoms with van der Waals surface area (Å²) in [5, 5.41) is 0. The highest BCUT2D eigenvalue weighted by molar-refractivity contribution is 5.50. The van der Waals surface area contributed by atoms with E-state index in [1.165, 1.54) is 5.56 Å². The summed E-state index contributed by atoms with van der Waals surface area (Å²) in [7, 11) is 0. The van der Waals surface area contributed by atoms with E-state index in [-0.39, 0.29) is 11.5 Å². The Morgan fingerprint density at radius 1 is 1.24 bits per heavy atom. The van der Waals surface area contributed by atoms with Crippen LogP contribution >= 0.6 is 0 Å². The molecule has 2 aromatic rings. The van der Waals surface area contributed by atoms with Crippen LogP contribution < -0.4 is 11.3 Å². The van der Waals surface area contributed by atoms with Gasteiger partial charge in [0.2, 0.25) is 0 Å². The van der Waals surface area contributed by atoms with Crippen LogP contribution in [0.15, 0.2) is 41.3 Å². The molecule has 0 fully saturated rings. The van der Waals surface area contributed by atoms with Crippen molar-refractivity contribution in [2.75, 3.05) is 5.73 Å². The first-order valence-electron chi connectivity index (χ1n) is 5.64. The minimum Gasteiger partial charge on any atom is -0.394 e. The highest BCUT2D eigenvalue weighted by Crippen LogP contribution is 2.26. The van der Waals surface area contributed by atoms with Gasteiger partial charge in [-0.05, 0) is 23.6 Å². The van der Waals surface area contributed by atoms with Gasteiger partial charge in [-0.2, -0.15) is 0 Å². The van der Waals surface area contributed by atoms with E-state index < -0.39 is 0 Å². The van der Waals surface area contributed by atoms with Gasteiger partial charge in [-0.15, -0.1) is 0 Å². The Kier molecular flexibility index (Phi) is 3.00. The average molecular weight is 228 g/mol. The summed E-state index contributed by atoms with van der Waals surface area (Å²) in [6, 6.07) is 10.2. The minimum atomic E-state index is -0.216. The second-order valence-corrected chi connectivity index (χ2v) is 4.24. The van der Waals surface area contributed by atoms with Gasteiger partial charge in [-0.25, -0.2) is 0 Å². The number of nitrogen functional groups attached to an aromatic ring is 1. The van der Waals surface area contributed by atoms with Gasteiger partial charge in [0, 0.05) is 12.1 Å². The Morgan fingerprint density at radius 2 is 1.88 bits per heavy atom. The summed E-state index contributed by atoms with van der Waals surface area (Å²) < 4.78 is 0. The number of H-pyrrole nitrogens is 1. The molecule has 3 N–H and O–H groups in total. The number of benzene rings is 1. The predicted octanol–water partition coefficient (Wildman–Crippen LogP) is 2.42. The van der Waals surface area contributed by atoms with Crippen molar-refractivity contribution < 1.29 is 0 Å². The van der Waals surface area contributed by atoms with Crippen molar-refractivity contribution in [1.82, 2.24) is 4.98 Å². The molecule has 17 heavy (non-hydrogen) atoms. The normalized spacial score (nSPS) is 12.4. The maximum atomic E-state index is 11.4. The monoisotopic (exact) mass is 228 g/mol. The summed E-state index contributed by atoms with van der Waals surface area (Å²) in [5.41, 5.74) is 8.99. The van der Waals surface area contributed by atoms with Crippen molar-refractivity contribution in [2.45, 2.75) is 19.8 Å². The van der Waals surface area contributed by atoms with Gasteiger partial charge < -0.3 is 10.7 Å². The molecule has 0 spiro atoms. The molecular formula is C14H16N2O. The number of pyridine rings is 1. The van der Waals surface area contributed by atoms with Gasteiger partial charge in [0.15, 0.2) is 0 Å². The summed E-state index contributed by atoms with van der Waals surface area (Å²) in [6.45, 7) is 3.99. The number of hydrogen-bond acceptors (Lipinski definition) is 2. The fourth-order valence-corrected chi connectivity index (χ4v) is 2.03. The highest BCUT2D eigenvalue weighted by Gasteiger charge is 2.13. The van der Waals surface area contributed by atoms with Crippen LogP contribution in [0.5, 0.6) is 0 Å². The molecule has 1 atom stereocenters. The number of anilines is 1. The second kappa shape index (κ2) is 4.45. The van der Waals surface area contributed by atoms with Gasteiger partial charge >= 0.3 is 0 Å². The third-order valence-electron chi connectivity index (χ3n) is 3.21. The Balaban J connectivity index is 2.49. The molecule has 0 bridgehead atoms. The second-order valence-electron chi connectivity index (χ2n) is 4.24. The largest absolute Gasteiger partial charge is 0.394 e. The zero-order valence-corrected chi connectivity index (χ0v) is 10.0. The summed E-state index contributed by atoms with van der Waals surface area (Å²) in [5.74, 6) is 0.218. The topological polar surface area (TPSA) is 58.9 Å². The Morgan fingerprint density at radius 3 is 2.53 bits per heavy atom. The van der Waals surface area contributed by atoms with Crippen LogP contribution in [0.2, 0.25) is 0 Å². The van der Waals surface area contributed by atoms with E-state index in [2.05, 4.69) is 24.0 Å². The van der Waals surface area contributed by atoms with Crippen LogP contribution in [0.3, 0.4) is 0 Å². The lowest BCUT2D eigenvalue weighted by Gasteiger charge is -2.15. The van der Waals surface area contributed by atoms with E-state index in [0.29, 0.717) is 5.69 Å². The van der Waals surface area contributed by atoms with E-state index in [0.717, 1.165) is 11.1 Å². The predicted molar refractivity (Wildman–Crippen MR) is 70.2 cm³/mol. The first kappa shape index (κ1) is 11.5. The van der Waals surface area contributed by atoms with Gasteiger partial charge in [0.05, 0.1) is 0 Å². The van der Waals surface area contributed by atoms with Gasteiger partial charge in [0.1, 0.15) is 5.69 Å². The van der Waals surface area contributed by atoms with Crippen molar-refractivity contribution in [3.05, 3.63) is 63.6 Å². The summed E-state index contributed by atoms with van der Waals surface area (Å²) >= 11 is 0. The van der Waals surface area contributed by atoms with E-state index in [9.17, 15) is 4.79 Å². The molecule has 2 rings (SSSR count). The summed E-state index contributed by atoms with van der Waals surface area (Å²) in [4.78, 5) is 14.0. The maximum absolute atomic E-state index is 11.4. The molecule has 0 aliphatic heterocycles. The molecule has 0 saturated carbocycles. The quantitative estimate of drug-likeness (QED) is 0.829. The van der Waals surface area contributed by atoms with Gasteiger partial charge in [-0.1, -0.05) is 37.3 Å². The lowest BCUT2D eigenvalue weighted by molar-refractivity contribution is 0.896.